The number of hydrogen-bond acceptors (Lipinski definition) is 3. The van der Waals surface area contributed by atoms with E-state index in [0.29, 0.717) is 24.6 Å². The Hall–Kier alpha value is -0.680. The van der Waals surface area contributed by atoms with E-state index >= 15 is 0 Å². The van der Waals surface area contributed by atoms with Crippen molar-refractivity contribution in [2.75, 3.05) is 32.6 Å². The Morgan fingerprint density at radius 2 is 2.00 bits per heavy atom. The van der Waals surface area contributed by atoms with E-state index in [1.165, 1.54) is 12.1 Å². The zero-order valence-corrected chi connectivity index (χ0v) is 19.6. The van der Waals surface area contributed by atoms with Crippen molar-refractivity contribution in [1.82, 2.24) is 10.6 Å². The number of alkyl halides is 3. The van der Waals surface area contributed by atoms with Crippen molar-refractivity contribution in [2.24, 2.45) is 4.99 Å². The molecule has 0 aliphatic carbocycles. The molecule has 0 amide bonds. The van der Waals surface area contributed by atoms with Crippen LogP contribution in [0.4, 0.5) is 13.2 Å². The second-order valence-electron chi connectivity index (χ2n) is 6.68. The average Bonchev–Trinajstić information content (AvgIpc) is 2.66. The molecule has 1 aliphatic rings. The fourth-order valence-corrected chi connectivity index (χ4v) is 3.75. The van der Waals surface area contributed by atoms with Gasteiger partial charge >= 0.3 is 6.18 Å². The SMILES string of the molecule is CCNC(=NCC1(SC)CCOCC1)NC(C)c1cccc(C(F)(F)F)c1.I. The molecule has 28 heavy (non-hydrogen) atoms. The number of halogens is 4. The third kappa shape index (κ3) is 7.29. The second kappa shape index (κ2) is 11.5. The predicted octanol–water partition coefficient (Wildman–Crippen LogP) is 4.85. The molecule has 160 valence electrons. The molecule has 1 aliphatic heterocycles. The molecule has 2 N–H and O–H groups in total. The number of guanidine groups is 1. The zero-order valence-electron chi connectivity index (χ0n) is 16.4. The minimum absolute atomic E-state index is 0. The summed E-state index contributed by atoms with van der Waals surface area (Å²) in [6.07, 6.45) is -0.366. The minimum Gasteiger partial charge on any atom is -0.381 e. The van der Waals surface area contributed by atoms with Gasteiger partial charge in [0.25, 0.3) is 0 Å². The largest absolute Gasteiger partial charge is 0.416 e. The molecule has 1 fully saturated rings. The minimum atomic E-state index is -4.35. The number of hydrogen-bond donors (Lipinski definition) is 2. The molecule has 0 spiro atoms. The van der Waals surface area contributed by atoms with Crippen LogP contribution in [-0.2, 0) is 10.9 Å². The highest BCUT2D eigenvalue weighted by Gasteiger charge is 2.32. The Bertz CT molecular complexity index is 637. The van der Waals surface area contributed by atoms with Crippen LogP contribution >= 0.6 is 35.7 Å². The van der Waals surface area contributed by atoms with E-state index in [4.69, 9.17) is 9.73 Å². The van der Waals surface area contributed by atoms with Gasteiger partial charge < -0.3 is 15.4 Å². The maximum Gasteiger partial charge on any atom is 0.416 e. The summed E-state index contributed by atoms with van der Waals surface area (Å²) in [7, 11) is 0. The number of benzene rings is 1. The maximum absolute atomic E-state index is 13.0. The summed E-state index contributed by atoms with van der Waals surface area (Å²) in [5.74, 6) is 0.613. The van der Waals surface area contributed by atoms with Crippen molar-refractivity contribution in [3.05, 3.63) is 35.4 Å². The average molecular weight is 531 g/mol. The van der Waals surface area contributed by atoms with E-state index in [1.54, 1.807) is 17.8 Å². The monoisotopic (exact) mass is 531 g/mol. The van der Waals surface area contributed by atoms with Gasteiger partial charge in [0.2, 0.25) is 0 Å². The highest BCUT2D eigenvalue weighted by Crippen LogP contribution is 2.34. The van der Waals surface area contributed by atoms with Crippen LogP contribution in [0.15, 0.2) is 29.3 Å². The number of thioether (sulfide) groups is 1. The summed E-state index contributed by atoms with van der Waals surface area (Å²) in [5, 5.41) is 6.41. The molecule has 2 rings (SSSR count). The van der Waals surface area contributed by atoms with Crippen LogP contribution in [-0.4, -0.2) is 43.3 Å². The lowest BCUT2D eigenvalue weighted by Gasteiger charge is -2.34. The molecule has 0 radical (unpaired) electrons. The summed E-state index contributed by atoms with van der Waals surface area (Å²) in [6, 6.07) is 5.10. The first kappa shape index (κ1) is 25.4. The number of nitrogens with one attached hydrogen (secondary N) is 2. The van der Waals surface area contributed by atoms with Crippen LogP contribution in [0.25, 0.3) is 0 Å². The fraction of sp³-hybridized carbons (Fsp3) is 0.632. The molecule has 1 aromatic carbocycles. The van der Waals surface area contributed by atoms with Crippen LogP contribution < -0.4 is 10.6 Å². The first-order valence-corrected chi connectivity index (χ1v) is 10.4. The highest BCUT2D eigenvalue weighted by molar-refractivity contribution is 14.0. The number of ether oxygens (including phenoxy) is 1. The topological polar surface area (TPSA) is 45.7 Å². The van der Waals surface area contributed by atoms with Gasteiger partial charge in [0.1, 0.15) is 0 Å². The fourth-order valence-electron chi connectivity index (χ4n) is 2.99. The number of aliphatic imine (C=N–C) groups is 1. The lowest BCUT2D eigenvalue weighted by Crippen LogP contribution is -2.41. The van der Waals surface area contributed by atoms with Crippen molar-refractivity contribution in [3.8, 4) is 0 Å². The predicted molar refractivity (Wildman–Crippen MR) is 121 cm³/mol. The van der Waals surface area contributed by atoms with Crippen LogP contribution in [0.3, 0.4) is 0 Å². The first-order valence-electron chi connectivity index (χ1n) is 9.14. The molecule has 1 aromatic rings. The van der Waals surface area contributed by atoms with Gasteiger partial charge in [-0.2, -0.15) is 24.9 Å². The summed E-state index contributed by atoms with van der Waals surface area (Å²) in [6.45, 7) is 6.59. The van der Waals surface area contributed by atoms with Crippen LogP contribution in [0.5, 0.6) is 0 Å². The van der Waals surface area contributed by atoms with E-state index in [0.717, 1.165) is 32.1 Å². The number of nitrogens with zero attached hydrogens (tertiary/aromatic N) is 1. The standard InChI is InChI=1S/C19H28F3N3OS.HI/c1-4-23-17(24-13-18(27-3)8-10-26-11-9-18)25-14(2)15-6-5-7-16(12-15)19(20,21)22;/h5-7,12,14H,4,8-11,13H2,1-3H3,(H2,23,24,25);1H. The van der Waals surface area contributed by atoms with Crippen molar-refractivity contribution in [1.29, 1.82) is 0 Å². The Morgan fingerprint density at radius 1 is 1.32 bits per heavy atom. The van der Waals surface area contributed by atoms with Gasteiger partial charge in [-0.15, -0.1) is 24.0 Å². The maximum atomic E-state index is 13.0. The quantitative estimate of drug-likeness (QED) is 0.313. The van der Waals surface area contributed by atoms with Crippen LogP contribution in [0, 0.1) is 0 Å². The van der Waals surface area contributed by atoms with E-state index < -0.39 is 11.7 Å². The molecule has 1 saturated heterocycles. The zero-order chi connectivity index (χ0) is 19.9. The molecular weight excluding hydrogens is 502 g/mol. The Morgan fingerprint density at radius 3 is 2.57 bits per heavy atom. The van der Waals surface area contributed by atoms with Crippen molar-refractivity contribution < 1.29 is 17.9 Å². The summed E-state index contributed by atoms with van der Waals surface area (Å²) >= 11 is 1.81. The lowest BCUT2D eigenvalue weighted by atomic mass is 9.99. The van der Waals surface area contributed by atoms with E-state index in [9.17, 15) is 13.2 Å². The third-order valence-corrected chi connectivity index (χ3v) is 6.18. The molecule has 1 atom stereocenters. The molecule has 1 heterocycles. The Kier molecular flexibility index (Phi) is 10.4. The first-order chi connectivity index (χ1) is 12.8. The second-order valence-corrected chi connectivity index (χ2v) is 7.96. The summed E-state index contributed by atoms with van der Waals surface area (Å²) in [4.78, 5) is 4.71. The van der Waals surface area contributed by atoms with Crippen molar-refractivity contribution in [3.63, 3.8) is 0 Å². The van der Waals surface area contributed by atoms with Gasteiger partial charge in [-0.3, -0.25) is 4.99 Å². The highest BCUT2D eigenvalue weighted by atomic mass is 127. The van der Waals surface area contributed by atoms with Crippen molar-refractivity contribution >= 4 is 41.7 Å². The van der Waals surface area contributed by atoms with Gasteiger partial charge in [0.15, 0.2) is 5.96 Å². The molecule has 0 aromatic heterocycles. The Balaban J connectivity index is 0.00000392. The van der Waals surface area contributed by atoms with Crippen LogP contribution in [0.1, 0.15) is 43.9 Å². The third-order valence-electron chi connectivity index (χ3n) is 4.77. The molecule has 9 heteroatoms. The van der Waals surface area contributed by atoms with Gasteiger partial charge in [-0.25, -0.2) is 0 Å². The van der Waals surface area contributed by atoms with E-state index in [2.05, 4.69) is 16.9 Å². The lowest BCUT2D eigenvalue weighted by molar-refractivity contribution is -0.137. The van der Waals surface area contributed by atoms with Gasteiger partial charge in [-0.05, 0) is 50.6 Å². The molecule has 0 saturated carbocycles. The van der Waals surface area contributed by atoms with Gasteiger partial charge in [0.05, 0.1) is 18.2 Å². The van der Waals surface area contributed by atoms with E-state index in [-0.39, 0.29) is 34.8 Å². The van der Waals surface area contributed by atoms with Gasteiger partial charge in [-0.1, -0.05) is 12.1 Å². The normalized spacial score (nSPS) is 18.1. The molecular formula is C19H29F3IN3OS. The van der Waals surface area contributed by atoms with Crippen molar-refractivity contribution in [2.45, 2.75) is 43.7 Å². The molecule has 0 bridgehead atoms. The summed E-state index contributed by atoms with van der Waals surface area (Å²) < 4.78 is 44.4. The van der Waals surface area contributed by atoms with Crippen LogP contribution in [0.2, 0.25) is 0 Å². The van der Waals surface area contributed by atoms with E-state index in [1.807, 2.05) is 13.8 Å². The molecule has 4 nitrogen and oxygen atoms in total. The smallest absolute Gasteiger partial charge is 0.381 e. The molecule has 1 unspecified atom stereocenters. The Labute approximate surface area is 186 Å². The summed E-state index contributed by atoms with van der Waals surface area (Å²) in [5.41, 5.74) is -0.0693. The number of rotatable bonds is 6. The van der Waals surface area contributed by atoms with Gasteiger partial charge in [0, 0.05) is 24.5 Å².